The van der Waals surface area contributed by atoms with Crippen LogP contribution in [0.1, 0.15) is 38.1 Å². The summed E-state index contributed by atoms with van der Waals surface area (Å²) >= 11 is 0. The Labute approximate surface area is 101 Å². The Hall–Kier alpha value is -1.64. The number of rotatable bonds is 5. The molecule has 0 aliphatic carbocycles. The van der Waals surface area contributed by atoms with E-state index in [0.717, 1.165) is 36.1 Å². The SMILES string of the molecule is CCCc1nc2ccc(CCC(C)=O)cc2[nH]1. The van der Waals surface area contributed by atoms with Gasteiger partial charge < -0.3 is 9.78 Å². The van der Waals surface area contributed by atoms with Crippen molar-refractivity contribution in [3.63, 3.8) is 0 Å². The minimum atomic E-state index is 0.237. The molecule has 2 aromatic rings. The molecule has 1 aromatic heterocycles. The fraction of sp³-hybridized carbons (Fsp3) is 0.429. The fourth-order valence-electron chi connectivity index (χ4n) is 1.94. The summed E-state index contributed by atoms with van der Waals surface area (Å²) in [5, 5.41) is 0. The summed E-state index contributed by atoms with van der Waals surface area (Å²) in [5.74, 6) is 1.28. The average Bonchev–Trinajstić information content (AvgIpc) is 2.68. The molecule has 0 unspecified atom stereocenters. The summed E-state index contributed by atoms with van der Waals surface area (Å²) < 4.78 is 0. The van der Waals surface area contributed by atoms with Crippen molar-refractivity contribution in [1.29, 1.82) is 0 Å². The van der Waals surface area contributed by atoms with Gasteiger partial charge in [-0.3, -0.25) is 0 Å². The van der Waals surface area contributed by atoms with Crippen LogP contribution in [-0.2, 0) is 17.6 Å². The van der Waals surface area contributed by atoms with Crippen molar-refractivity contribution in [2.75, 3.05) is 0 Å². The number of aryl methyl sites for hydroxylation is 2. The number of H-pyrrole nitrogens is 1. The largest absolute Gasteiger partial charge is 0.342 e. The fourth-order valence-corrected chi connectivity index (χ4v) is 1.94. The molecule has 0 spiro atoms. The van der Waals surface area contributed by atoms with Crippen LogP contribution >= 0.6 is 0 Å². The van der Waals surface area contributed by atoms with E-state index in [4.69, 9.17) is 0 Å². The van der Waals surface area contributed by atoms with E-state index in [1.807, 2.05) is 6.07 Å². The van der Waals surface area contributed by atoms with Crippen LogP contribution in [0, 0.1) is 0 Å². The number of hydrogen-bond acceptors (Lipinski definition) is 2. The number of Topliss-reactive ketones (excluding diaryl/α,β-unsaturated/α-hetero) is 1. The summed E-state index contributed by atoms with van der Waals surface area (Å²) in [6.45, 7) is 3.78. The number of carbonyl (C=O) groups excluding carboxylic acids is 1. The first-order chi connectivity index (χ1) is 8.19. The van der Waals surface area contributed by atoms with Crippen molar-refractivity contribution in [2.45, 2.75) is 39.5 Å². The standard InChI is InChI=1S/C14H18N2O/c1-3-4-14-15-12-8-7-11(6-5-10(2)17)9-13(12)16-14/h7-9H,3-6H2,1-2H3,(H,15,16). The highest BCUT2D eigenvalue weighted by molar-refractivity contribution is 5.77. The van der Waals surface area contributed by atoms with Crippen molar-refractivity contribution in [3.05, 3.63) is 29.6 Å². The smallest absolute Gasteiger partial charge is 0.130 e. The Balaban J connectivity index is 2.20. The minimum absolute atomic E-state index is 0.237. The molecule has 0 bridgehead atoms. The van der Waals surface area contributed by atoms with E-state index in [2.05, 4.69) is 29.0 Å². The predicted octanol–water partition coefficient (Wildman–Crippen LogP) is 3.04. The Morgan fingerprint density at radius 1 is 1.35 bits per heavy atom. The van der Waals surface area contributed by atoms with Gasteiger partial charge in [-0.05, 0) is 37.5 Å². The molecular formula is C14H18N2O. The summed E-state index contributed by atoms with van der Waals surface area (Å²) in [6.07, 6.45) is 3.50. The van der Waals surface area contributed by atoms with Gasteiger partial charge in [-0.2, -0.15) is 0 Å². The quantitative estimate of drug-likeness (QED) is 0.858. The number of benzene rings is 1. The van der Waals surface area contributed by atoms with E-state index in [-0.39, 0.29) is 5.78 Å². The maximum absolute atomic E-state index is 10.9. The number of carbonyl (C=O) groups is 1. The summed E-state index contributed by atoms with van der Waals surface area (Å²) in [6, 6.07) is 6.19. The molecule has 3 nitrogen and oxygen atoms in total. The van der Waals surface area contributed by atoms with Gasteiger partial charge in [0, 0.05) is 12.8 Å². The van der Waals surface area contributed by atoms with Crippen LogP contribution < -0.4 is 0 Å². The van der Waals surface area contributed by atoms with Gasteiger partial charge in [0.05, 0.1) is 11.0 Å². The number of aromatic amines is 1. The van der Waals surface area contributed by atoms with Crippen LogP contribution in [0.5, 0.6) is 0 Å². The lowest BCUT2D eigenvalue weighted by Gasteiger charge is -1.98. The van der Waals surface area contributed by atoms with Gasteiger partial charge in [-0.1, -0.05) is 13.0 Å². The van der Waals surface area contributed by atoms with Crippen LogP contribution in [-0.4, -0.2) is 15.8 Å². The molecule has 1 aromatic carbocycles. The lowest BCUT2D eigenvalue weighted by atomic mass is 10.1. The molecule has 2 rings (SSSR count). The number of hydrogen-bond donors (Lipinski definition) is 1. The zero-order valence-corrected chi connectivity index (χ0v) is 10.4. The van der Waals surface area contributed by atoms with Crippen molar-refractivity contribution < 1.29 is 4.79 Å². The molecule has 90 valence electrons. The number of fused-ring (bicyclic) bond motifs is 1. The number of ketones is 1. The Morgan fingerprint density at radius 2 is 2.18 bits per heavy atom. The van der Waals surface area contributed by atoms with Crippen molar-refractivity contribution >= 4 is 16.8 Å². The molecule has 0 saturated carbocycles. The zero-order chi connectivity index (χ0) is 12.3. The van der Waals surface area contributed by atoms with E-state index < -0.39 is 0 Å². The van der Waals surface area contributed by atoms with Gasteiger partial charge in [-0.25, -0.2) is 4.98 Å². The van der Waals surface area contributed by atoms with Gasteiger partial charge >= 0.3 is 0 Å². The minimum Gasteiger partial charge on any atom is -0.342 e. The van der Waals surface area contributed by atoms with Gasteiger partial charge in [0.1, 0.15) is 11.6 Å². The molecule has 0 atom stereocenters. The molecule has 0 aliphatic heterocycles. The van der Waals surface area contributed by atoms with Crippen molar-refractivity contribution in [3.8, 4) is 0 Å². The molecule has 0 saturated heterocycles. The highest BCUT2D eigenvalue weighted by atomic mass is 16.1. The third-order valence-electron chi connectivity index (χ3n) is 2.85. The summed E-state index contributed by atoms with van der Waals surface area (Å²) in [5.41, 5.74) is 3.29. The summed E-state index contributed by atoms with van der Waals surface area (Å²) in [7, 11) is 0. The second-order valence-electron chi connectivity index (χ2n) is 4.49. The number of nitrogens with one attached hydrogen (secondary N) is 1. The van der Waals surface area contributed by atoms with Crippen LogP contribution in [0.3, 0.4) is 0 Å². The van der Waals surface area contributed by atoms with E-state index in [9.17, 15) is 4.79 Å². The third-order valence-corrected chi connectivity index (χ3v) is 2.85. The molecule has 17 heavy (non-hydrogen) atoms. The Morgan fingerprint density at radius 3 is 2.88 bits per heavy atom. The number of aromatic nitrogens is 2. The first-order valence-electron chi connectivity index (χ1n) is 6.16. The molecule has 1 heterocycles. The molecule has 0 fully saturated rings. The lowest BCUT2D eigenvalue weighted by molar-refractivity contribution is -0.116. The number of imidazole rings is 1. The Kier molecular flexibility index (Phi) is 3.57. The van der Waals surface area contributed by atoms with E-state index in [0.29, 0.717) is 6.42 Å². The highest BCUT2D eigenvalue weighted by Gasteiger charge is 2.03. The normalized spacial score (nSPS) is 10.9. The van der Waals surface area contributed by atoms with E-state index in [1.165, 1.54) is 5.56 Å². The monoisotopic (exact) mass is 230 g/mol. The molecule has 0 radical (unpaired) electrons. The average molecular weight is 230 g/mol. The third kappa shape index (κ3) is 2.93. The predicted molar refractivity (Wildman–Crippen MR) is 69.1 cm³/mol. The second kappa shape index (κ2) is 5.13. The zero-order valence-electron chi connectivity index (χ0n) is 10.4. The van der Waals surface area contributed by atoms with Gasteiger partial charge in [0.15, 0.2) is 0 Å². The second-order valence-corrected chi connectivity index (χ2v) is 4.49. The molecular weight excluding hydrogens is 212 g/mol. The van der Waals surface area contributed by atoms with Gasteiger partial charge in [0.25, 0.3) is 0 Å². The first-order valence-corrected chi connectivity index (χ1v) is 6.16. The van der Waals surface area contributed by atoms with Gasteiger partial charge in [-0.15, -0.1) is 0 Å². The van der Waals surface area contributed by atoms with Gasteiger partial charge in [0.2, 0.25) is 0 Å². The van der Waals surface area contributed by atoms with Crippen LogP contribution in [0.4, 0.5) is 0 Å². The van der Waals surface area contributed by atoms with Crippen LogP contribution in [0.15, 0.2) is 18.2 Å². The molecule has 0 amide bonds. The molecule has 0 aliphatic rings. The maximum atomic E-state index is 10.9. The lowest BCUT2D eigenvalue weighted by Crippen LogP contribution is -1.93. The van der Waals surface area contributed by atoms with Crippen molar-refractivity contribution in [1.82, 2.24) is 9.97 Å². The molecule has 3 heteroatoms. The molecule has 1 N–H and O–H groups in total. The van der Waals surface area contributed by atoms with Crippen LogP contribution in [0.25, 0.3) is 11.0 Å². The Bertz CT molecular complexity index is 528. The first kappa shape index (κ1) is 11.8. The van der Waals surface area contributed by atoms with Crippen LogP contribution in [0.2, 0.25) is 0 Å². The van der Waals surface area contributed by atoms with E-state index in [1.54, 1.807) is 6.92 Å². The maximum Gasteiger partial charge on any atom is 0.130 e. The highest BCUT2D eigenvalue weighted by Crippen LogP contribution is 2.15. The number of nitrogens with zero attached hydrogens (tertiary/aromatic N) is 1. The van der Waals surface area contributed by atoms with Crippen molar-refractivity contribution in [2.24, 2.45) is 0 Å². The summed E-state index contributed by atoms with van der Waals surface area (Å²) in [4.78, 5) is 18.8. The van der Waals surface area contributed by atoms with E-state index >= 15 is 0 Å². The topological polar surface area (TPSA) is 45.8 Å².